The number of nitrogens with one attached hydrogen (secondary N) is 1. The van der Waals surface area contributed by atoms with Crippen molar-refractivity contribution in [1.29, 1.82) is 0 Å². The summed E-state index contributed by atoms with van der Waals surface area (Å²) in [5.41, 5.74) is 0. The van der Waals surface area contributed by atoms with Crippen molar-refractivity contribution >= 4 is 24.2 Å². The minimum absolute atomic E-state index is 0. The minimum atomic E-state index is 0. The summed E-state index contributed by atoms with van der Waals surface area (Å²) >= 11 is 2.08. The highest BCUT2D eigenvalue weighted by atomic mass is 35.5. The summed E-state index contributed by atoms with van der Waals surface area (Å²) in [7, 11) is 0. The van der Waals surface area contributed by atoms with E-state index in [0.29, 0.717) is 6.23 Å². The first-order chi connectivity index (χ1) is 5.97. The Morgan fingerprint density at radius 1 is 1.31 bits per heavy atom. The van der Waals surface area contributed by atoms with Gasteiger partial charge in [-0.1, -0.05) is 0 Å². The molecule has 2 fully saturated rings. The van der Waals surface area contributed by atoms with Crippen LogP contribution in [-0.2, 0) is 4.74 Å². The number of ether oxygens (including phenoxy) is 1. The van der Waals surface area contributed by atoms with Gasteiger partial charge in [0.2, 0.25) is 0 Å². The second-order valence-corrected chi connectivity index (χ2v) is 4.73. The first kappa shape index (κ1) is 11.6. The predicted molar refractivity (Wildman–Crippen MR) is 59.7 cm³/mol. The van der Waals surface area contributed by atoms with Crippen LogP contribution in [0.5, 0.6) is 0 Å². The highest BCUT2D eigenvalue weighted by molar-refractivity contribution is 7.99. The number of thioether (sulfide) groups is 1. The van der Waals surface area contributed by atoms with Gasteiger partial charge in [-0.25, -0.2) is 0 Å². The maximum atomic E-state index is 5.69. The topological polar surface area (TPSA) is 21.3 Å². The summed E-state index contributed by atoms with van der Waals surface area (Å²) in [5, 5.41) is 3.45. The van der Waals surface area contributed by atoms with E-state index in [2.05, 4.69) is 17.1 Å². The van der Waals surface area contributed by atoms with E-state index in [1.165, 1.54) is 30.8 Å². The molecular formula is C9H18ClNOS. The lowest BCUT2D eigenvalue weighted by Crippen LogP contribution is -2.45. The van der Waals surface area contributed by atoms with E-state index in [9.17, 15) is 0 Å². The summed E-state index contributed by atoms with van der Waals surface area (Å²) in [6.07, 6.45) is 4.27. The van der Waals surface area contributed by atoms with Crippen molar-refractivity contribution in [3.63, 3.8) is 0 Å². The van der Waals surface area contributed by atoms with Crippen molar-refractivity contribution in [3.8, 4) is 0 Å². The van der Waals surface area contributed by atoms with E-state index in [4.69, 9.17) is 4.74 Å². The lowest BCUT2D eigenvalue weighted by Gasteiger charge is -2.33. The fraction of sp³-hybridized carbons (Fsp3) is 1.00. The van der Waals surface area contributed by atoms with Gasteiger partial charge in [-0.3, -0.25) is 5.32 Å². The van der Waals surface area contributed by atoms with Gasteiger partial charge in [-0.15, -0.1) is 12.4 Å². The van der Waals surface area contributed by atoms with Crippen LogP contribution in [0.25, 0.3) is 0 Å². The predicted octanol–water partition coefficient (Wildman–Crippen LogP) is 1.89. The average molecular weight is 224 g/mol. The molecule has 2 aliphatic rings. The Balaban J connectivity index is 0.000000845. The Bertz CT molecular complexity index is 120. The monoisotopic (exact) mass is 223 g/mol. The van der Waals surface area contributed by atoms with Crippen LogP contribution in [-0.4, -0.2) is 30.9 Å². The molecular weight excluding hydrogens is 206 g/mol. The van der Waals surface area contributed by atoms with Crippen molar-refractivity contribution in [2.45, 2.75) is 25.5 Å². The molecule has 2 heterocycles. The number of halogens is 1. The van der Waals surface area contributed by atoms with E-state index < -0.39 is 0 Å². The normalized spacial score (nSPS) is 35.1. The lowest BCUT2D eigenvalue weighted by atomic mass is 10.0. The fourth-order valence-corrected chi connectivity index (χ4v) is 3.07. The fourth-order valence-electron chi connectivity index (χ4n) is 1.89. The van der Waals surface area contributed by atoms with Crippen molar-refractivity contribution < 1.29 is 4.74 Å². The SMILES string of the molecule is C1CNC(C2CCCSC2)OC1.Cl. The molecule has 2 atom stereocenters. The molecule has 0 saturated carbocycles. The van der Waals surface area contributed by atoms with Gasteiger partial charge in [0.15, 0.2) is 0 Å². The third-order valence-corrected chi connectivity index (χ3v) is 3.83. The molecule has 4 heteroatoms. The van der Waals surface area contributed by atoms with Gasteiger partial charge in [0.05, 0.1) is 0 Å². The van der Waals surface area contributed by atoms with Gasteiger partial charge in [0.1, 0.15) is 6.23 Å². The molecule has 0 aromatic heterocycles. The zero-order valence-corrected chi connectivity index (χ0v) is 9.46. The average Bonchev–Trinajstić information content (AvgIpc) is 2.21. The second kappa shape index (κ2) is 6.12. The third kappa shape index (κ3) is 3.31. The summed E-state index contributed by atoms with van der Waals surface area (Å²) in [4.78, 5) is 0. The Kier molecular flexibility index (Phi) is 5.48. The molecule has 2 aliphatic heterocycles. The Morgan fingerprint density at radius 3 is 2.85 bits per heavy atom. The van der Waals surface area contributed by atoms with Gasteiger partial charge >= 0.3 is 0 Å². The zero-order valence-electron chi connectivity index (χ0n) is 7.83. The van der Waals surface area contributed by atoms with Gasteiger partial charge in [-0.2, -0.15) is 11.8 Å². The third-order valence-electron chi connectivity index (χ3n) is 2.59. The molecule has 0 aromatic carbocycles. The van der Waals surface area contributed by atoms with Crippen molar-refractivity contribution in [3.05, 3.63) is 0 Å². The summed E-state index contributed by atoms with van der Waals surface area (Å²) in [6.45, 7) is 2.10. The lowest BCUT2D eigenvalue weighted by molar-refractivity contribution is -0.0325. The standard InChI is InChI=1S/C9H17NOS.ClH/c1-3-8(7-12-6-1)9-10-4-2-5-11-9;/h8-10H,1-7H2;1H. The number of hydrogen-bond acceptors (Lipinski definition) is 3. The Labute approximate surface area is 90.6 Å². The molecule has 0 aromatic rings. The molecule has 0 amide bonds. The molecule has 0 radical (unpaired) electrons. The molecule has 2 saturated heterocycles. The zero-order chi connectivity index (χ0) is 8.23. The van der Waals surface area contributed by atoms with E-state index in [1.54, 1.807) is 0 Å². The maximum absolute atomic E-state index is 5.69. The van der Waals surface area contributed by atoms with Gasteiger partial charge in [0.25, 0.3) is 0 Å². The quantitative estimate of drug-likeness (QED) is 0.734. The Morgan fingerprint density at radius 2 is 2.23 bits per heavy atom. The van der Waals surface area contributed by atoms with E-state index in [-0.39, 0.29) is 12.4 Å². The highest BCUT2D eigenvalue weighted by Crippen LogP contribution is 2.26. The molecule has 0 aliphatic carbocycles. The molecule has 1 N–H and O–H groups in total. The molecule has 2 rings (SSSR count). The molecule has 0 bridgehead atoms. The van der Waals surface area contributed by atoms with Crippen LogP contribution in [0.1, 0.15) is 19.3 Å². The van der Waals surface area contributed by atoms with Crippen molar-refractivity contribution in [1.82, 2.24) is 5.32 Å². The van der Waals surface area contributed by atoms with Crippen LogP contribution in [0.4, 0.5) is 0 Å². The van der Waals surface area contributed by atoms with Gasteiger partial charge in [-0.05, 0) is 37.3 Å². The summed E-state index contributed by atoms with van der Waals surface area (Å²) < 4.78 is 5.69. The van der Waals surface area contributed by atoms with Crippen LogP contribution in [0.3, 0.4) is 0 Å². The van der Waals surface area contributed by atoms with Gasteiger partial charge in [0, 0.05) is 12.5 Å². The second-order valence-electron chi connectivity index (χ2n) is 3.58. The smallest absolute Gasteiger partial charge is 0.111 e. The van der Waals surface area contributed by atoms with Crippen LogP contribution in [0.2, 0.25) is 0 Å². The van der Waals surface area contributed by atoms with Gasteiger partial charge < -0.3 is 4.74 Å². The maximum Gasteiger partial charge on any atom is 0.111 e. The van der Waals surface area contributed by atoms with Crippen LogP contribution in [0, 0.1) is 5.92 Å². The van der Waals surface area contributed by atoms with E-state index in [1.807, 2.05) is 0 Å². The molecule has 2 unspecified atom stereocenters. The molecule has 13 heavy (non-hydrogen) atoms. The largest absolute Gasteiger partial charge is 0.363 e. The molecule has 78 valence electrons. The summed E-state index contributed by atoms with van der Waals surface area (Å²) in [5.74, 6) is 3.41. The Hall–Kier alpha value is 0.560. The van der Waals surface area contributed by atoms with Crippen LogP contribution >= 0.6 is 24.2 Å². The van der Waals surface area contributed by atoms with E-state index in [0.717, 1.165) is 19.1 Å². The van der Waals surface area contributed by atoms with E-state index >= 15 is 0 Å². The number of rotatable bonds is 1. The first-order valence-corrected chi connectivity index (χ1v) is 6.05. The van der Waals surface area contributed by atoms with Crippen LogP contribution in [0.15, 0.2) is 0 Å². The van der Waals surface area contributed by atoms with Crippen molar-refractivity contribution in [2.75, 3.05) is 24.7 Å². The summed E-state index contributed by atoms with van der Waals surface area (Å²) in [6, 6.07) is 0. The minimum Gasteiger partial charge on any atom is -0.363 e. The molecule has 0 spiro atoms. The highest BCUT2D eigenvalue weighted by Gasteiger charge is 2.25. The first-order valence-electron chi connectivity index (χ1n) is 4.89. The molecule has 2 nitrogen and oxygen atoms in total. The van der Waals surface area contributed by atoms with Crippen LogP contribution < -0.4 is 5.32 Å². The number of hydrogen-bond donors (Lipinski definition) is 1. The van der Waals surface area contributed by atoms with Crippen molar-refractivity contribution in [2.24, 2.45) is 5.92 Å².